The molecule has 1 aromatic heterocycles. The molecule has 2 rings (SSSR count). The molecule has 7 heteroatoms. The first-order chi connectivity index (χ1) is 9.54. The number of carbonyl (C=O) groups is 1. The zero-order valence-electron chi connectivity index (χ0n) is 11.9. The van der Waals surface area contributed by atoms with E-state index in [1.54, 1.807) is 7.05 Å². The van der Waals surface area contributed by atoms with Crippen LogP contribution >= 0.6 is 0 Å². The third-order valence-electron chi connectivity index (χ3n) is 4.27. The first-order valence-corrected chi connectivity index (χ1v) is 6.85. The number of aryl methyl sites for hydroxylation is 1. The van der Waals surface area contributed by atoms with E-state index in [1.807, 2.05) is 6.92 Å². The van der Waals surface area contributed by atoms with Gasteiger partial charge in [-0.25, -0.2) is 0 Å². The molecule has 0 aliphatic heterocycles. The zero-order valence-corrected chi connectivity index (χ0v) is 11.9. The number of amides is 1. The Morgan fingerprint density at radius 3 is 2.80 bits per heavy atom. The van der Waals surface area contributed by atoms with Crippen molar-refractivity contribution in [1.82, 2.24) is 9.78 Å². The second-order valence-corrected chi connectivity index (χ2v) is 5.31. The van der Waals surface area contributed by atoms with E-state index in [9.17, 15) is 4.79 Å². The summed E-state index contributed by atoms with van der Waals surface area (Å²) in [5.74, 6) is 0.392. The number of aromatic nitrogens is 2. The number of hydrogen-bond acceptors (Lipinski definition) is 4. The Balaban J connectivity index is 2.26. The van der Waals surface area contributed by atoms with E-state index in [0.29, 0.717) is 11.4 Å². The molecule has 1 saturated carbocycles. The van der Waals surface area contributed by atoms with E-state index in [1.165, 1.54) is 10.9 Å². The molecule has 0 spiro atoms. The highest BCUT2D eigenvalue weighted by molar-refractivity contribution is 6.05. The highest BCUT2D eigenvalue weighted by atomic mass is 16.4. The van der Waals surface area contributed by atoms with Crippen molar-refractivity contribution in [2.75, 3.05) is 5.32 Å². The van der Waals surface area contributed by atoms with Crippen molar-refractivity contribution in [3.05, 3.63) is 11.8 Å². The third kappa shape index (κ3) is 2.35. The van der Waals surface area contributed by atoms with Crippen LogP contribution < -0.4 is 11.1 Å². The van der Waals surface area contributed by atoms with Gasteiger partial charge in [-0.3, -0.25) is 9.48 Å². The van der Waals surface area contributed by atoms with Gasteiger partial charge in [-0.1, -0.05) is 24.9 Å². The molecule has 0 aromatic carbocycles. The molecule has 1 fully saturated rings. The molecule has 0 atom stereocenters. The summed E-state index contributed by atoms with van der Waals surface area (Å²) in [6.45, 7) is 2.04. The SMILES string of the molecule is CCC1(C(=O)Nc2c(C(N)=NO)cnn2C)CCCC1. The maximum Gasteiger partial charge on any atom is 0.231 e. The van der Waals surface area contributed by atoms with Crippen molar-refractivity contribution in [1.29, 1.82) is 0 Å². The van der Waals surface area contributed by atoms with Crippen molar-refractivity contribution in [2.24, 2.45) is 23.4 Å². The summed E-state index contributed by atoms with van der Waals surface area (Å²) in [5.41, 5.74) is 5.72. The van der Waals surface area contributed by atoms with Gasteiger partial charge in [0.15, 0.2) is 5.84 Å². The van der Waals surface area contributed by atoms with Gasteiger partial charge in [0.2, 0.25) is 5.91 Å². The standard InChI is InChI=1S/C13H21N5O2/c1-3-13(6-4-5-7-13)12(19)16-11-9(10(14)17-20)8-15-18(11)2/h8,20H,3-7H2,1-2H3,(H2,14,17)(H,16,19). The Bertz CT molecular complexity index is 529. The number of oxime groups is 1. The fourth-order valence-electron chi connectivity index (χ4n) is 2.86. The molecule has 1 aromatic rings. The Morgan fingerprint density at radius 1 is 1.60 bits per heavy atom. The number of anilines is 1. The molecule has 1 amide bonds. The summed E-state index contributed by atoms with van der Waals surface area (Å²) >= 11 is 0. The minimum atomic E-state index is -0.299. The summed E-state index contributed by atoms with van der Waals surface area (Å²) in [6.07, 6.45) is 6.27. The molecule has 0 unspecified atom stereocenters. The minimum Gasteiger partial charge on any atom is -0.409 e. The number of nitrogens with zero attached hydrogens (tertiary/aromatic N) is 3. The van der Waals surface area contributed by atoms with Gasteiger partial charge in [0.25, 0.3) is 0 Å². The van der Waals surface area contributed by atoms with E-state index < -0.39 is 0 Å². The van der Waals surface area contributed by atoms with E-state index in [4.69, 9.17) is 10.9 Å². The van der Waals surface area contributed by atoms with Crippen molar-refractivity contribution in [3.8, 4) is 0 Å². The Kier molecular flexibility index (Phi) is 3.96. The lowest BCUT2D eigenvalue weighted by Crippen LogP contribution is -2.34. The molecule has 110 valence electrons. The number of nitrogens with two attached hydrogens (primary N) is 1. The minimum absolute atomic E-state index is 0.00640. The first kappa shape index (κ1) is 14.4. The van der Waals surface area contributed by atoms with Gasteiger partial charge >= 0.3 is 0 Å². The smallest absolute Gasteiger partial charge is 0.231 e. The molecule has 4 N–H and O–H groups in total. The van der Waals surface area contributed by atoms with Gasteiger partial charge in [0.1, 0.15) is 5.82 Å². The van der Waals surface area contributed by atoms with Crippen molar-refractivity contribution in [2.45, 2.75) is 39.0 Å². The molecule has 0 radical (unpaired) electrons. The molecule has 7 nitrogen and oxygen atoms in total. The fraction of sp³-hybridized carbons (Fsp3) is 0.615. The van der Waals surface area contributed by atoms with Crippen molar-refractivity contribution < 1.29 is 10.0 Å². The van der Waals surface area contributed by atoms with Gasteiger partial charge in [-0.15, -0.1) is 0 Å². The summed E-state index contributed by atoms with van der Waals surface area (Å²) in [7, 11) is 1.71. The van der Waals surface area contributed by atoms with Gasteiger partial charge in [-0.05, 0) is 19.3 Å². The monoisotopic (exact) mass is 279 g/mol. The Hall–Kier alpha value is -2.05. The topological polar surface area (TPSA) is 106 Å². The van der Waals surface area contributed by atoms with Gasteiger partial charge < -0.3 is 16.3 Å². The predicted molar refractivity (Wildman–Crippen MR) is 75.5 cm³/mol. The van der Waals surface area contributed by atoms with Gasteiger partial charge in [0, 0.05) is 12.5 Å². The second-order valence-electron chi connectivity index (χ2n) is 5.31. The maximum absolute atomic E-state index is 12.6. The van der Waals surface area contributed by atoms with E-state index >= 15 is 0 Å². The van der Waals surface area contributed by atoms with Crippen LogP contribution in [0.3, 0.4) is 0 Å². The van der Waals surface area contributed by atoms with Crippen LogP contribution in [0.2, 0.25) is 0 Å². The molecule has 0 bridgehead atoms. The predicted octanol–water partition coefficient (Wildman–Crippen LogP) is 1.42. The molecule has 1 heterocycles. The van der Waals surface area contributed by atoms with Crippen LogP contribution in [0, 0.1) is 5.41 Å². The lowest BCUT2D eigenvalue weighted by molar-refractivity contribution is -0.125. The molecule has 1 aliphatic carbocycles. The molecular formula is C13H21N5O2. The summed E-state index contributed by atoms with van der Waals surface area (Å²) < 4.78 is 1.52. The van der Waals surface area contributed by atoms with Gasteiger partial charge in [-0.2, -0.15) is 5.10 Å². The number of carbonyl (C=O) groups excluding carboxylic acids is 1. The van der Waals surface area contributed by atoms with Crippen molar-refractivity contribution >= 4 is 17.6 Å². The maximum atomic E-state index is 12.6. The molecule has 20 heavy (non-hydrogen) atoms. The largest absolute Gasteiger partial charge is 0.409 e. The molecule has 0 saturated heterocycles. The third-order valence-corrected chi connectivity index (χ3v) is 4.27. The average molecular weight is 279 g/mol. The van der Waals surface area contributed by atoms with E-state index in [0.717, 1.165) is 32.1 Å². The van der Waals surface area contributed by atoms with Crippen LogP contribution in [0.5, 0.6) is 0 Å². The van der Waals surface area contributed by atoms with E-state index in [2.05, 4.69) is 15.6 Å². The Morgan fingerprint density at radius 2 is 2.25 bits per heavy atom. The summed E-state index contributed by atoms with van der Waals surface area (Å²) in [5, 5.41) is 18.7. The van der Waals surface area contributed by atoms with Crippen LogP contribution in [-0.2, 0) is 11.8 Å². The lowest BCUT2D eigenvalue weighted by Gasteiger charge is -2.26. The summed E-state index contributed by atoms with van der Waals surface area (Å²) in [4.78, 5) is 12.6. The number of amidine groups is 1. The van der Waals surface area contributed by atoms with E-state index in [-0.39, 0.29) is 17.2 Å². The van der Waals surface area contributed by atoms with Crippen LogP contribution in [0.1, 0.15) is 44.6 Å². The van der Waals surface area contributed by atoms with Crippen LogP contribution in [0.4, 0.5) is 5.82 Å². The first-order valence-electron chi connectivity index (χ1n) is 6.85. The fourth-order valence-corrected chi connectivity index (χ4v) is 2.86. The zero-order chi connectivity index (χ0) is 14.8. The van der Waals surface area contributed by atoms with Crippen LogP contribution in [0.25, 0.3) is 0 Å². The number of hydrogen-bond donors (Lipinski definition) is 3. The average Bonchev–Trinajstić information content (AvgIpc) is 3.07. The number of rotatable bonds is 4. The highest BCUT2D eigenvalue weighted by Gasteiger charge is 2.39. The lowest BCUT2D eigenvalue weighted by atomic mass is 9.82. The van der Waals surface area contributed by atoms with Crippen molar-refractivity contribution in [3.63, 3.8) is 0 Å². The molecular weight excluding hydrogens is 258 g/mol. The molecule has 1 aliphatic rings. The summed E-state index contributed by atoms with van der Waals surface area (Å²) in [6, 6.07) is 0. The Labute approximate surface area is 117 Å². The quantitative estimate of drug-likeness (QED) is 0.335. The second kappa shape index (κ2) is 5.52. The van der Waals surface area contributed by atoms with Crippen LogP contribution in [0.15, 0.2) is 11.4 Å². The van der Waals surface area contributed by atoms with Gasteiger partial charge in [0.05, 0.1) is 11.8 Å². The highest BCUT2D eigenvalue weighted by Crippen LogP contribution is 2.41. The number of nitrogens with one attached hydrogen (secondary N) is 1. The van der Waals surface area contributed by atoms with Crippen LogP contribution in [-0.4, -0.2) is 26.7 Å². The normalized spacial score (nSPS) is 18.2.